The smallest absolute Gasteiger partial charge is 0.337 e. The van der Waals surface area contributed by atoms with Crippen molar-refractivity contribution in [2.24, 2.45) is 0 Å². The Hall–Kier alpha value is -1.84. The molecular formula is C16H22O4. The summed E-state index contributed by atoms with van der Waals surface area (Å²) in [5.41, 5.74) is 3.24. The molecular weight excluding hydrogens is 256 g/mol. The molecule has 0 aliphatic heterocycles. The Balaban J connectivity index is 0.000000217. The number of carbonyl (C=O) groups is 2. The zero-order valence-corrected chi connectivity index (χ0v) is 12.2. The highest BCUT2D eigenvalue weighted by atomic mass is 16.5. The summed E-state index contributed by atoms with van der Waals surface area (Å²) < 4.78 is 4.59. The van der Waals surface area contributed by atoms with Crippen LogP contribution in [0.4, 0.5) is 0 Å². The number of rotatable bonds is 3. The Morgan fingerprint density at radius 2 is 1.95 bits per heavy atom. The monoisotopic (exact) mass is 278 g/mol. The summed E-state index contributed by atoms with van der Waals surface area (Å²) in [6.45, 7) is 5.57. The van der Waals surface area contributed by atoms with E-state index in [9.17, 15) is 9.59 Å². The lowest BCUT2D eigenvalue weighted by atomic mass is 9.90. The van der Waals surface area contributed by atoms with Gasteiger partial charge in [0.1, 0.15) is 0 Å². The molecule has 0 aromatic carbocycles. The second-order valence-electron chi connectivity index (χ2n) is 5.01. The van der Waals surface area contributed by atoms with Crippen LogP contribution < -0.4 is 0 Å². The number of allylic oxidation sites excluding steroid dienone is 2. The van der Waals surface area contributed by atoms with Gasteiger partial charge >= 0.3 is 11.9 Å². The summed E-state index contributed by atoms with van der Waals surface area (Å²) >= 11 is 0. The fourth-order valence-electron chi connectivity index (χ4n) is 2.16. The van der Waals surface area contributed by atoms with Crippen LogP contribution in [0.1, 0.15) is 45.4 Å². The van der Waals surface area contributed by atoms with Gasteiger partial charge in [-0.3, -0.25) is 0 Å². The highest BCUT2D eigenvalue weighted by molar-refractivity contribution is 5.92. The number of carboxylic acids is 1. The van der Waals surface area contributed by atoms with E-state index in [-0.39, 0.29) is 5.97 Å². The van der Waals surface area contributed by atoms with Crippen molar-refractivity contribution in [3.05, 3.63) is 34.9 Å². The predicted molar refractivity (Wildman–Crippen MR) is 77.3 cm³/mol. The van der Waals surface area contributed by atoms with Crippen molar-refractivity contribution in [2.45, 2.75) is 45.4 Å². The standard InChI is InChI=1S/C10H14O2.C6H8O2/c1-8(10(11)12-2)9-6-4-3-5-7-9;1-4-2-3-5(4)6(7)8/h6H,1,3-5,7H2,2H3;2-3H2,1H3,(H,7,8). The lowest BCUT2D eigenvalue weighted by Crippen LogP contribution is -2.10. The number of hydrogen-bond donors (Lipinski definition) is 1. The first kappa shape index (κ1) is 16.2. The SMILES string of the molecule is C=C(C(=O)OC)C1=CCCCC1.CC1=C(C(=O)O)CC1. The van der Waals surface area contributed by atoms with Crippen molar-refractivity contribution in [1.82, 2.24) is 0 Å². The zero-order valence-electron chi connectivity index (χ0n) is 12.2. The highest BCUT2D eigenvalue weighted by Gasteiger charge is 2.18. The summed E-state index contributed by atoms with van der Waals surface area (Å²) in [6.07, 6.45) is 8.23. The van der Waals surface area contributed by atoms with E-state index >= 15 is 0 Å². The lowest BCUT2D eigenvalue weighted by molar-refractivity contribution is -0.136. The van der Waals surface area contributed by atoms with Crippen LogP contribution in [0, 0.1) is 0 Å². The van der Waals surface area contributed by atoms with Crippen molar-refractivity contribution in [2.75, 3.05) is 7.11 Å². The first-order chi connectivity index (χ1) is 9.47. The quantitative estimate of drug-likeness (QED) is 0.635. The van der Waals surface area contributed by atoms with Gasteiger partial charge in [-0.15, -0.1) is 0 Å². The normalized spacial score (nSPS) is 17.2. The minimum absolute atomic E-state index is 0.303. The number of carbonyl (C=O) groups excluding carboxylic acids is 1. The number of carboxylic acid groups (broad SMARTS) is 1. The molecule has 4 nitrogen and oxygen atoms in total. The molecule has 2 aliphatic rings. The van der Waals surface area contributed by atoms with Crippen molar-refractivity contribution >= 4 is 11.9 Å². The van der Waals surface area contributed by atoms with E-state index in [1.54, 1.807) is 0 Å². The van der Waals surface area contributed by atoms with Gasteiger partial charge in [-0.2, -0.15) is 0 Å². The fraction of sp³-hybridized carbons (Fsp3) is 0.500. The van der Waals surface area contributed by atoms with E-state index in [1.807, 2.05) is 6.92 Å². The maximum atomic E-state index is 11.0. The lowest BCUT2D eigenvalue weighted by Gasteiger charge is -2.15. The molecule has 0 atom stereocenters. The van der Waals surface area contributed by atoms with E-state index in [0.717, 1.165) is 43.3 Å². The molecule has 0 amide bonds. The Labute approximate surface area is 119 Å². The van der Waals surface area contributed by atoms with E-state index in [1.165, 1.54) is 13.5 Å². The summed E-state index contributed by atoms with van der Waals surface area (Å²) in [7, 11) is 1.39. The van der Waals surface area contributed by atoms with Crippen LogP contribution in [0.25, 0.3) is 0 Å². The van der Waals surface area contributed by atoms with E-state index in [4.69, 9.17) is 5.11 Å². The molecule has 0 aromatic rings. The summed E-state index contributed by atoms with van der Waals surface area (Å²) in [5.74, 6) is -1.04. The first-order valence-corrected chi connectivity index (χ1v) is 6.86. The average molecular weight is 278 g/mol. The minimum Gasteiger partial charge on any atom is -0.478 e. The first-order valence-electron chi connectivity index (χ1n) is 6.86. The Morgan fingerprint density at radius 3 is 2.25 bits per heavy atom. The van der Waals surface area contributed by atoms with Crippen LogP contribution in [0.15, 0.2) is 34.9 Å². The number of aliphatic carboxylic acids is 1. The molecule has 20 heavy (non-hydrogen) atoms. The van der Waals surface area contributed by atoms with Crippen LogP contribution in [0.3, 0.4) is 0 Å². The van der Waals surface area contributed by atoms with Crippen molar-refractivity contribution in [3.63, 3.8) is 0 Å². The minimum atomic E-state index is -0.742. The summed E-state index contributed by atoms with van der Waals surface area (Å²) in [6, 6.07) is 0. The Bertz CT molecular complexity index is 469. The zero-order chi connectivity index (χ0) is 15.1. The van der Waals surface area contributed by atoms with Crippen molar-refractivity contribution in [3.8, 4) is 0 Å². The van der Waals surface area contributed by atoms with Gasteiger partial charge in [0.05, 0.1) is 12.7 Å². The highest BCUT2D eigenvalue weighted by Crippen LogP contribution is 2.26. The maximum Gasteiger partial charge on any atom is 0.337 e. The average Bonchev–Trinajstić information content (AvgIpc) is 2.45. The molecule has 0 spiro atoms. The number of esters is 1. The molecule has 0 bridgehead atoms. The molecule has 0 fully saturated rings. The van der Waals surface area contributed by atoms with Gasteiger partial charge in [0, 0.05) is 5.57 Å². The second-order valence-corrected chi connectivity index (χ2v) is 5.01. The third-order valence-corrected chi connectivity index (χ3v) is 3.63. The number of hydrogen-bond acceptors (Lipinski definition) is 3. The van der Waals surface area contributed by atoms with Crippen molar-refractivity contribution in [1.29, 1.82) is 0 Å². The molecule has 0 radical (unpaired) electrons. The topological polar surface area (TPSA) is 63.6 Å². The summed E-state index contributed by atoms with van der Waals surface area (Å²) in [4.78, 5) is 21.2. The Morgan fingerprint density at radius 1 is 1.25 bits per heavy atom. The number of ether oxygens (including phenoxy) is 1. The molecule has 110 valence electrons. The predicted octanol–water partition coefficient (Wildman–Crippen LogP) is 3.40. The van der Waals surface area contributed by atoms with Gasteiger partial charge in [-0.25, -0.2) is 9.59 Å². The van der Waals surface area contributed by atoms with Crippen LogP contribution in [0.5, 0.6) is 0 Å². The van der Waals surface area contributed by atoms with E-state index < -0.39 is 5.97 Å². The molecule has 1 N–H and O–H groups in total. The summed E-state index contributed by atoms with van der Waals surface area (Å²) in [5, 5.41) is 8.35. The van der Waals surface area contributed by atoms with Crippen LogP contribution in [-0.4, -0.2) is 24.2 Å². The van der Waals surface area contributed by atoms with Gasteiger partial charge in [-0.1, -0.05) is 18.2 Å². The van der Waals surface area contributed by atoms with Crippen LogP contribution in [0.2, 0.25) is 0 Å². The number of methoxy groups -OCH3 is 1. The molecule has 2 rings (SSSR count). The molecule has 0 saturated carbocycles. The van der Waals surface area contributed by atoms with Gasteiger partial charge in [-0.05, 0) is 51.0 Å². The van der Waals surface area contributed by atoms with Crippen LogP contribution >= 0.6 is 0 Å². The molecule has 0 aromatic heterocycles. The largest absolute Gasteiger partial charge is 0.478 e. The molecule has 0 unspecified atom stereocenters. The maximum absolute atomic E-state index is 11.0. The van der Waals surface area contributed by atoms with Gasteiger partial charge in [0.2, 0.25) is 0 Å². The molecule has 0 saturated heterocycles. The third-order valence-electron chi connectivity index (χ3n) is 3.63. The van der Waals surface area contributed by atoms with E-state index in [2.05, 4.69) is 17.4 Å². The fourth-order valence-corrected chi connectivity index (χ4v) is 2.16. The molecule has 0 heterocycles. The van der Waals surface area contributed by atoms with Crippen molar-refractivity contribution < 1.29 is 19.4 Å². The third kappa shape index (κ3) is 4.37. The van der Waals surface area contributed by atoms with Gasteiger partial charge in [0.15, 0.2) is 0 Å². The van der Waals surface area contributed by atoms with Gasteiger partial charge < -0.3 is 9.84 Å². The second kappa shape index (κ2) is 7.68. The van der Waals surface area contributed by atoms with Gasteiger partial charge in [0.25, 0.3) is 0 Å². The molecule has 4 heteroatoms. The Kier molecular flexibility index (Phi) is 6.22. The van der Waals surface area contributed by atoms with Crippen LogP contribution in [-0.2, 0) is 14.3 Å². The molecule has 2 aliphatic carbocycles. The van der Waals surface area contributed by atoms with E-state index in [0.29, 0.717) is 11.1 Å².